The van der Waals surface area contributed by atoms with Crippen molar-refractivity contribution in [1.82, 2.24) is 10.2 Å². The van der Waals surface area contributed by atoms with Crippen molar-refractivity contribution in [3.05, 3.63) is 107 Å². The second-order valence-corrected chi connectivity index (χ2v) is 7.19. The van der Waals surface area contributed by atoms with Gasteiger partial charge in [-0.1, -0.05) is 60.2 Å². The van der Waals surface area contributed by atoms with Crippen molar-refractivity contribution >= 4 is 11.6 Å². The number of fused-ring (bicyclic) bond motifs is 1. The van der Waals surface area contributed by atoms with Crippen LogP contribution in [0.5, 0.6) is 0 Å². The Kier molecular flexibility index (Phi) is 4.02. The highest BCUT2D eigenvalue weighted by Gasteiger charge is 2.42. The fourth-order valence-corrected chi connectivity index (χ4v) is 3.89. The number of anilines is 1. The third-order valence-electron chi connectivity index (χ3n) is 5.31. The lowest BCUT2D eigenvalue weighted by atomic mass is 9.95. The summed E-state index contributed by atoms with van der Waals surface area (Å²) in [5, 5.41) is 7.41. The summed E-state index contributed by atoms with van der Waals surface area (Å²) < 4.78 is 13.6. The minimum atomic E-state index is -0.393. The molecule has 1 amide bonds. The van der Waals surface area contributed by atoms with E-state index in [-0.39, 0.29) is 11.7 Å². The molecule has 2 heterocycles. The molecule has 1 aromatic heterocycles. The summed E-state index contributed by atoms with van der Waals surface area (Å²) in [5.74, 6) is -0.457. The van der Waals surface area contributed by atoms with Crippen LogP contribution in [0, 0.1) is 12.7 Å². The van der Waals surface area contributed by atoms with E-state index in [1.807, 2.05) is 61.5 Å². The summed E-state index contributed by atoms with van der Waals surface area (Å²) in [7, 11) is 0. The molecule has 0 saturated carbocycles. The molecule has 142 valence electrons. The molecule has 4 nitrogen and oxygen atoms in total. The first kappa shape index (κ1) is 17.4. The van der Waals surface area contributed by atoms with E-state index in [9.17, 15) is 9.18 Å². The molecular formula is C24H18FN3O. The van der Waals surface area contributed by atoms with E-state index in [2.05, 4.69) is 10.2 Å². The number of carbonyl (C=O) groups is 1. The van der Waals surface area contributed by atoms with E-state index in [1.54, 1.807) is 17.0 Å². The van der Waals surface area contributed by atoms with Gasteiger partial charge in [0.15, 0.2) is 0 Å². The second-order valence-electron chi connectivity index (χ2n) is 7.19. The number of aryl methyl sites for hydroxylation is 1. The van der Waals surface area contributed by atoms with Crippen molar-refractivity contribution in [2.75, 3.05) is 4.90 Å². The number of aromatic nitrogens is 2. The molecule has 0 aliphatic carbocycles. The standard InChI is InChI=1S/C24H18FN3O/c1-15-7-9-16(10-8-15)21-20-22(27-26-21)24(29)28(19-5-3-2-4-6-19)23(20)17-11-13-18(25)14-12-17/h2-14,23H,1H3,(H,26,27)/t23-/m0/s1. The summed E-state index contributed by atoms with van der Waals surface area (Å²) in [6.45, 7) is 2.03. The van der Waals surface area contributed by atoms with Gasteiger partial charge in [-0.25, -0.2) is 4.39 Å². The van der Waals surface area contributed by atoms with Crippen molar-refractivity contribution in [3.63, 3.8) is 0 Å². The average molecular weight is 383 g/mol. The molecule has 0 bridgehead atoms. The second kappa shape index (κ2) is 6.71. The summed E-state index contributed by atoms with van der Waals surface area (Å²) in [6, 6.07) is 23.5. The first-order valence-corrected chi connectivity index (χ1v) is 9.43. The highest BCUT2D eigenvalue weighted by molar-refractivity contribution is 6.11. The Hall–Kier alpha value is -3.73. The van der Waals surface area contributed by atoms with Crippen LogP contribution in [0.3, 0.4) is 0 Å². The number of hydrogen-bond donors (Lipinski definition) is 1. The highest BCUT2D eigenvalue weighted by atomic mass is 19.1. The highest BCUT2D eigenvalue weighted by Crippen LogP contribution is 2.44. The van der Waals surface area contributed by atoms with Crippen LogP contribution >= 0.6 is 0 Å². The van der Waals surface area contributed by atoms with Gasteiger partial charge in [0.1, 0.15) is 11.5 Å². The Balaban J connectivity index is 1.72. The van der Waals surface area contributed by atoms with Gasteiger partial charge < -0.3 is 0 Å². The van der Waals surface area contributed by atoms with Crippen LogP contribution < -0.4 is 4.90 Å². The SMILES string of the molecule is Cc1ccc(-c2n[nH]c3c2[C@H](c2ccc(F)cc2)N(c2ccccc2)C3=O)cc1. The summed E-state index contributed by atoms with van der Waals surface area (Å²) in [6.07, 6.45) is 0. The number of para-hydroxylation sites is 1. The Labute approximate surface area is 167 Å². The predicted molar refractivity (Wildman–Crippen MR) is 110 cm³/mol. The Bertz CT molecular complexity index is 1180. The number of amides is 1. The first-order chi connectivity index (χ1) is 14.1. The van der Waals surface area contributed by atoms with E-state index in [0.717, 1.165) is 33.6 Å². The smallest absolute Gasteiger partial charge is 0.277 e. The maximum Gasteiger partial charge on any atom is 0.277 e. The van der Waals surface area contributed by atoms with Crippen LogP contribution in [0.1, 0.15) is 33.2 Å². The van der Waals surface area contributed by atoms with Gasteiger partial charge in [0, 0.05) is 16.8 Å². The monoisotopic (exact) mass is 383 g/mol. The van der Waals surface area contributed by atoms with Gasteiger partial charge in [-0.05, 0) is 36.8 Å². The molecule has 5 rings (SSSR count). The average Bonchev–Trinajstić information content (AvgIpc) is 3.29. The predicted octanol–water partition coefficient (Wildman–Crippen LogP) is 5.27. The number of carbonyl (C=O) groups excluding carboxylic acids is 1. The lowest BCUT2D eigenvalue weighted by Crippen LogP contribution is -2.29. The largest absolute Gasteiger partial charge is 0.295 e. The molecule has 0 radical (unpaired) electrons. The van der Waals surface area contributed by atoms with Gasteiger partial charge in [-0.2, -0.15) is 5.10 Å². The van der Waals surface area contributed by atoms with Crippen molar-refractivity contribution in [2.24, 2.45) is 0 Å². The van der Waals surface area contributed by atoms with E-state index >= 15 is 0 Å². The zero-order valence-corrected chi connectivity index (χ0v) is 15.8. The third kappa shape index (κ3) is 2.83. The van der Waals surface area contributed by atoms with Crippen LogP contribution in [-0.2, 0) is 0 Å². The first-order valence-electron chi connectivity index (χ1n) is 9.43. The lowest BCUT2D eigenvalue weighted by molar-refractivity contribution is 0.0989. The fourth-order valence-electron chi connectivity index (χ4n) is 3.89. The zero-order valence-electron chi connectivity index (χ0n) is 15.8. The van der Waals surface area contributed by atoms with Crippen LogP contribution in [0.25, 0.3) is 11.3 Å². The Morgan fingerprint density at radius 3 is 2.31 bits per heavy atom. The van der Waals surface area contributed by atoms with Crippen molar-refractivity contribution < 1.29 is 9.18 Å². The molecule has 4 aromatic rings. The van der Waals surface area contributed by atoms with Crippen LogP contribution in [-0.4, -0.2) is 16.1 Å². The maximum atomic E-state index is 13.6. The molecule has 5 heteroatoms. The van der Waals surface area contributed by atoms with Gasteiger partial charge in [-0.15, -0.1) is 0 Å². The van der Waals surface area contributed by atoms with Gasteiger partial charge in [-0.3, -0.25) is 14.8 Å². The normalized spacial score (nSPS) is 15.6. The number of benzene rings is 3. The molecule has 1 atom stereocenters. The fraction of sp³-hybridized carbons (Fsp3) is 0.0833. The zero-order chi connectivity index (χ0) is 20.0. The number of hydrogen-bond acceptors (Lipinski definition) is 2. The van der Waals surface area contributed by atoms with Gasteiger partial charge in [0.05, 0.1) is 11.7 Å². The third-order valence-corrected chi connectivity index (χ3v) is 5.31. The molecule has 1 N–H and O–H groups in total. The van der Waals surface area contributed by atoms with Crippen LogP contribution in [0.15, 0.2) is 78.9 Å². The summed E-state index contributed by atoms with van der Waals surface area (Å²) in [4.78, 5) is 15.1. The Morgan fingerprint density at radius 1 is 0.931 bits per heavy atom. The number of nitrogens with zero attached hydrogens (tertiary/aromatic N) is 2. The van der Waals surface area contributed by atoms with E-state index in [1.165, 1.54) is 12.1 Å². The molecular weight excluding hydrogens is 365 g/mol. The molecule has 1 aliphatic heterocycles. The van der Waals surface area contributed by atoms with Crippen molar-refractivity contribution in [1.29, 1.82) is 0 Å². The quantitative estimate of drug-likeness (QED) is 0.524. The Morgan fingerprint density at radius 2 is 1.62 bits per heavy atom. The molecule has 3 aromatic carbocycles. The molecule has 0 spiro atoms. The topological polar surface area (TPSA) is 49.0 Å². The van der Waals surface area contributed by atoms with E-state index in [4.69, 9.17) is 0 Å². The molecule has 0 fully saturated rings. The van der Waals surface area contributed by atoms with Gasteiger partial charge in [0.25, 0.3) is 5.91 Å². The molecule has 0 unspecified atom stereocenters. The lowest BCUT2D eigenvalue weighted by Gasteiger charge is -2.26. The van der Waals surface area contributed by atoms with E-state index in [0.29, 0.717) is 5.69 Å². The number of halogens is 1. The van der Waals surface area contributed by atoms with Gasteiger partial charge in [0.2, 0.25) is 0 Å². The molecule has 1 aliphatic rings. The van der Waals surface area contributed by atoms with Crippen molar-refractivity contribution in [2.45, 2.75) is 13.0 Å². The van der Waals surface area contributed by atoms with Crippen molar-refractivity contribution in [3.8, 4) is 11.3 Å². The number of aromatic amines is 1. The number of rotatable bonds is 3. The molecule has 29 heavy (non-hydrogen) atoms. The molecule has 0 saturated heterocycles. The minimum Gasteiger partial charge on any atom is -0.295 e. The van der Waals surface area contributed by atoms with Crippen LogP contribution in [0.4, 0.5) is 10.1 Å². The van der Waals surface area contributed by atoms with Gasteiger partial charge >= 0.3 is 0 Å². The summed E-state index contributed by atoms with van der Waals surface area (Å²) >= 11 is 0. The number of nitrogens with one attached hydrogen (secondary N) is 1. The summed E-state index contributed by atoms with van der Waals surface area (Å²) in [5.41, 5.74) is 5.72. The maximum absolute atomic E-state index is 13.6. The van der Waals surface area contributed by atoms with E-state index < -0.39 is 6.04 Å². The minimum absolute atomic E-state index is 0.147. The van der Waals surface area contributed by atoms with Crippen LogP contribution in [0.2, 0.25) is 0 Å². The number of H-pyrrole nitrogens is 1.